The first-order valence-corrected chi connectivity index (χ1v) is 6.62. The molecule has 1 atom stereocenters. The molecule has 1 aromatic carbocycles. The maximum atomic E-state index is 14.2. The molecule has 0 aromatic heterocycles. The van der Waals surface area contributed by atoms with Crippen LogP contribution < -0.4 is 10.2 Å². The second-order valence-electron chi connectivity index (χ2n) is 5.11. The first kappa shape index (κ1) is 13.1. The van der Waals surface area contributed by atoms with Gasteiger partial charge in [-0.2, -0.15) is 0 Å². The zero-order valence-electron chi connectivity index (χ0n) is 11.1. The summed E-state index contributed by atoms with van der Waals surface area (Å²) < 4.78 is 19.7. The van der Waals surface area contributed by atoms with Crippen LogP contribution in [0.1, 0.15) is 23.7 Å². The number of carbonyl (C=O) groups is 2. The van der Waals surface area contributed by atoms with Gasteiger partial charge in [-0.3, -0.25) is 9.59 Å². The van der Waals surface area contributed by atoms with E-state index in [4.69, 9.17) is 4.74 Å². The summed E-state index contributed by atoms with van der Waals surface area (Å²) in [5.74, 6) is -1.87. The fourth-order valence-electron chi connectivity index (χ4n) is 2.61. The molecule has 0 bridgehead atoms. The largest absolute Gasteiger partial charge is 0.377 e. The maximum absolute atomic E-state index is 14.2. The number of benzene rings is 1. The van der Waals surface area contributed by atoms with Crippen molar-refractivity contribution in [2.24, 2.45) is 0 Å². The Balaban J connectivity index is 1.97. The number of fused-ring (bicyclic) bond motifs is 1. The van der Waals surface area contributed by atoms with Gasteiger partial charge in [0, 0.05) is 19.7 Å². The lowest BCUT2D eigenvalue weighted by Crippen LogP contribution is -2.30. The van der Waals surface area contributed by atoms with Crippen LogP contribution in [-0.4, -0.2) is 37.5 Å². The predicted octanol–water partition coefficient (Wildman–Crippen LogP) is 1.58. The van der Waals surface area contributed by atoms with Crippen LogP contribution in [-0.2, 0) is 9.53 Å². The van der Waals surface area contributed by atoms with E-state index in [1.165, 1.54) is 6.07 Å². The summed E-state index contributed by atoms with van der Waals surface area (Å²) in [7, 11) is 0. The molecule has 0 spiro atoms. The monoisotopic (exact) mass is 278 g/mol. The van der Waals surface area contributed by atoms with E-state index in [9.17, 15) is 14.0 Å². The lowest BCUT2D eigenvalue weighted by Gasteiger charge is -2.25. The summed E-state index contributed by atoms with van der Waals surface area (Å²) >= 11 is 0. The highest BCUT2D eigenvalue weighted by molar-refractivity contribution is 6.51. The molecular formula is C14H15FN2O3. The molecule has 1 saturated heterocycles. The van der Waals surface area contributed by atoms with Crippen molar-refractivity contribution in [2.75, 3.05) is 29.9 Å². The summed E-state index contributed by atoms with van der Waals surface area (Å²) in [5, 5.41) is 2.47. The zero-order chi connectivity index (χ0) is 14.3. The van der Waals surface area contributed by atoms with E-state index in [1.807, 2.05) is 11.8 Å². The van der Waals surface area contributed by atoms with Crippen molar-refractivity contribution in [3.05, 3.63) is 23.5 Å². The summed E-state index contributed by atoms with van der Waals surface area (Å²) in [6.45, 7) is 3.86. The second-order valence-corrected chi connectivity index (χ2v) is 5.11. The van der Waals surface area contributed by atoms with Crippen molar-refractivity contribution in [3.8, 4) is 0 Å². The summed E-state index contributed by atoms with van der Waals surface area (Å²) in [6.07, 6.45) is 0.827. The maximum Gasteiger partial charge on any atom is 0.296 e. The fraction of sp³-hybridized carbons (Fsp3) is 0.429. The van der Waals surface area contributed by atoms with Gasteiger partial charge < -0.3 is 15.0 Å². The molecule has 1 amide bonds. The number of ether oxygens (including phenoxy) is 1. The van der Waals surface area contributed by atoms with Gasteiger partial charge in [0.05, 0.1) is 23.0 Å². The number of carbonyl (C=O) groups excluding carboxylic acids is 2. The molecule has 1 unspecified atom stereocenters. The molecule has 0 aliphatic carbocycles. The van der Waals surface area contributed by atoms with E-state index in [0.717, 1.165) is 12.5 Å². The zero-order valence-corrected chi connectivity index (χ0v) is 11.1. The smallest absolute Gasteiger partial charge is 0.296 e. The Bertz CT molecular complexity index is 588. The number of nitrogens with zero attached hydrogens (tertiary/aromatic N) is 1. The highest BCUT2D eigenvalue weighted by atomic mass is 19.1. The summed E-state index contributed by atoms with van der Waals surface area (Å²) in [4.78, 5) is 24.7. The molecular weight excluding hydrogens is 263 g/mol. The number of halogens is 1. The van der Waals surface area contributed by atoms with Crippen LogP contribution in [0, 0.1) is 5.82 Å². The van der Waals surface area contributed by atoms with Crippen LogP contribution in [0.5, 0.6) is 0 Å². The van der Waals surface area contributed by atoms with Crippen molar-refractivity contribution in [2.45, 2.75) is 19.4 Å². The Hall–Kier alpha value is -1.95. The number of Topliss-reactive ketones (excluding diaryl/α,β-unsaturated/α-hetero) is 1. The normalized spacial score (nSPS) is 22.5. The molecule has 3 rings (SSSR count). The number of anilines is 2. The molecule has 20 heavy (non-hydrogen) atoms. The molecule has 5 nitrogen and oxygen atoms in total. The third-order valence-electron chi connectivity index (χ3n) is 3.58. The lowest BCUT2D eigenvalue weighted by molar-refractivity contribution is -0.112. The molecule has 0 radical (unpaired) electrons. The van der Waals surface area contributed by atoms with Crippen LogP contribution in [0.2, 0.25) is 0 Å². The first-order chi connectivity index (χ1) is 9.56. The van der Waals surface area contributed by atoms with Gasteiger partial charge in [0.15, 0.2) is 0 Å². The van der Waals surface area contributed by atoms with Gasteiger partial charge >= 0.3 is 0 Å². The fourth-order valence-corrected chi connectivity index (χ4v) is 2.61. The van der Waals surface area contributed by atoms with E-state index >= 15 is 0 Å². The lowest BCUT2D eigenvalue weighted by atomic mass is 10.1. The highest BCUT2D eigenvalue weighted by Crippen LogP contribution is 2.31. The highest BCUT2D eigenvalue weighted by Gasteiger charge is 2.30. The molecule has 1 N–H and O–H groups in total. The van der Waals surface area contributed by atoms with Gasteiger partial charge in [0.2, 0.25) is 0 Å². The molecule has 1 aromatic rings. The number of ketones is 1. The molecule has 106 valence electrons. The number of hydrogen-bond donors (Lipinski definition) is 1. The minimum absolute atomic E-state index is 0.0152. The van der Waals surface area contributed by atoms with Crippen molar-refractivity contribution >= 4 is 23.1 Å². The quantitative estimate of drug-likeness (QED) is 0.792. The van der Waals surface area contributed by atoms with Gasteiger partial charge in [-0.1, -0.05) is 0 Å². The van der Waals surface area contributed by atoms with E-state index in [0.29, 0.717) is 31.1 Å². The molecule has 6 heteroatoms. The van der Waals surface area contributed by atoms with E-state index in [1.54, 1.807) is 0 Å². The Morgan fingerprint density at radius 1 is 1.40 bits per heavy atom. The minimum atomic E-state index is -0.705. The van der Waals surface area contributed by atoms with Gasteiger partial charge in [-0.25, -0.2) is 4.39 Å². The van der Waals surface area contributed by atoms with E-state index in [2.05, 4.69) is 5.32 Å². The number of amides is 1. The van der Waals surface area contributed by atoms with Gasteiger partial charge in [-0.05, 0) is 25.5 Å². The van der Waals surface area contributed by atoms with E-state index < -0.39 is 17.5 Å². The van der Waals surface area contributed by atoms with Crippen molar-refractivity contribution in [3.63, 3.8) is 0 Å². The first-order valence-electron chi connectivity index (χ1n) is 6.62. The molecule has 0 saturated carbocycles. The average molecular weight is 278 g/mol. The Morgan fingerprint density at radius 2 is 2.20 bits per heavy atom. The summed E-state index contributed by atoms with van der Waals surface area (Å²) in [5.41, 5.74) is 0.890. The standard InChI is InChI=1S/C14H15FN2O3/c1-8-7-17(3-2-4-20-8)12-6-11-9(5-10(12)15)13(18)14(19)16-11/h5-6,8H,2-4,7H2,1H3,(H,16,18,19). The van der Waals surface area contributed by atoms with Crippen LogP contribution in [0.25, 0.3) is 0 Å². The van der Waals surface area contributed by atoms with Gasteiger partial charge in [0.1, 0.15) is 5.82 Å². The van der Waals surface area contributed by atoms with Crippen LogP contribution in [0.4, 0.5) is 15.8 Å². The van der Waals surface area contributed by atoms with Gasteiger partial charge in [0.25, 0.3) is 11.7 Å². The van der Waals surface area contributed by atoms with Gasteiger partial charge in [-0.15, -0.1) is 0 Å². The number of rotatable bonds is 1. The summed E-state index contributed by atoms with van der Waals surface area (Å²) in [6, 6.07) is 2.67. The number of nitrogens with one attached hydrogen (secondary N) is 1. The third kappa shape index (κ3) is 2.16. The van der Waals surface area contributed by atoms with E-state index in [-0.39, 0.29) is 11.7 Å². The average Bonchev–Trinajstić information content (AvgIpc) is 2.59. The molecule has 1 fully saturated rings. The predicted molar refractivity (Wildman–Crippen MR) is 71.6 cm³/mol. The van der Waals surface area contributed by atoms with Crippen LogP contribution in [0.3, 0.4) is 0 Å². The molecule has 2 heterocycles. The van der Waals surface area contributed by atoms with Crippen molar-refractivity contribution in [1.82, 2.24) is 0 Å². The Kier molecular flexibility index (Phi) is 3.17. The Labute approximate surface area is 115 Å². The molecule has 2 aliphatic rings. The third-order valence-corrected chi connectivity index (χ3v) is 3.58. The van der Waals surface area contributed by atoms with Crippen LogP contribution >= 0.6 is 0 Å². The van der Waals surface area contributed by atoms with Crippen molar-refractivity contribution in [1.29, 1.82) is 0 Å². The Morgan fingerprint density at radius 3 is 3.00 bits per heavy atom. The number of hydrogen-bond acceptors (Lipinski definition) is 4. The SMILES string of the molecule is CC1CN(c2cc3c(cc2F)C(=O)C(=O)N3)CCCO1. The molecule has 2 aliphatic heterocycles. The minimum Gasteiger partial charge on any atom is -0.377 e. The van der Waals surface area contributed by atoms with Crippen molar-refractivity contribution < 1.29 is 18.7 Å². The topological polar surface area (TPSA) is 58.6 Å². The second kappa shape index (κ2) is 4.86. The van der Waals surface area contributed by atoms with Crippen LogP contribution in [0.15, 0.2) is 12.1 Å².